The predicted molar refractivity (Wildman–Crippen MR) is 56.2 cm³/mol. The Labute approximate surface area is 107 Å². The summed E-state index contributed by atoms with van der Waals surface area (Å²) in [5.74, 6) is 0. The number of nitrogens with zero attached hydrogens (tertiary/aromatic N) is 2. The van der Waals surface area contributed by atoms with Crippen molar-refractivity contribution in [1.82, 2.24) is 4.98 Å². The molecule has 8 heteroatoms. The van der Waals surface area contributed by atoms with Crippen molar-refractivity contribution in [3.63, 3.8) is 0 Å². The van der Waals surface area contributed by atoms with E-state index in [2.05, 4.69) is 4.98 Å². The van der Waals surface area contributed by atoms with Crippen LogP contribution in [0.1, 0.15) is 23.2 Å². The van der Waals surface area contributed by atoms with Crippen LogP contribution >= 0.6 is 22.6 Å². The zero-order valence-corrected chi connectivity index (χ0v) is 10.2. The van der Waals surface area contributed by atoms with Crippen molar-refractivity contribution in [2.24, 2.45) is 0 Å². The second-order valence-electron chi connectivity index (χ2n) is 2.99. The molecule has 0 aromatic carbocycles. The molecule has 0 radical (unpaired) electrons. The summed E-state index contributed by atoms with van der Waals surface area (Å²) in [5.41, 5.74) is -3.31. The highest BCUT2D eigenvalue weighted by molar-refractivity contribution is 14.1. The normalized spacial score (nSPS) is 11.6. The fourth-order valence-corrected chi connectivity index (χ4v) is 1.91. The molecule has 0 aliphatic rings. The van der Waals surface area contributed by atoms with E-state index >= 15 is 0 Å². The lowest BCUT2D eigenvalue weighted by atomic mass is 10.0. The largest absolute Gasteiger partial charge is 0.418 e. The number of hydrogen-bond acceptors (Lipinski definition) is 2. The summed E-state index contributed by atoms with van der Waals surface area (Å²) in [6.45, 7) is 0. The maximum Gasteiger partial charge on any atom is 0.418 e. The van der Waals surface area contributed by atoms with Crippen LogP contribution in [0.5, 0.6) is 0 Å². The molecule has 17 heavy (non-hydrogen) atoms. The van der Waals surface area contributed by atoms with E-state index in [0.29, 0.717) is 6.07 Å². The predicted octanol–water partition coefficient (Wildman–Crippen LogP) is 3.71. The minimum atomic E-state index is -4.95. The number of pyridine rings is 1. The lowest BCUT2D eigenvalue weighted by Crippen LogP contribution is -2.15. The second kappa shape index (κ2) is 5.12. The van der Waals surface area contributed by atoms with Crippen LogP contribution in [0.25, 0.3) is 0 Å². The molecule has 0 fully saturated rings. The van der Waals surface area contributed by atoms with Gasteiger partial charge in [-0.1, -0.05) is 0 Å². The topological polar surface area (TPSA) is 36.7 Å². The second-order valence-corrected chi connectivity index (χ2v) is 4.09. The van der Waals surface area contributed by atoms with Gasteiger partial charge in [-0.05, 0) is 28.7 Å². The first-order chi connectivity index (χ1) is 7.77. The first-order valence-corrected chi connectivity index (χ1v) is 5.27. The molecule has 1 aromatic heterocycles. The molecule has 0 aliphatic carbocycles. The Morgan fingerprint density at radius 1 is 1.41 bits per heavy atom. The summed E-state index contributed by atoms with van der Waals surface area (Å²) in [7, 11) is 0. The van der Waals surface area contributed by atoms with Crippen molar-refractivity contribution < 1.29 is 22.0 Å². The van der Waals surface area contributed by atoms with Crippen molar-refractivity contribution >= 4 is 22.6 Å². The summed E-state index contributed by atoms with van der Waals surface area (Å²) in [4.78, 5) is 3.48. The van der Waals surface area contributed by atoms with Crippen LogP contribution < -0.4 is 0 Å². The molecule has 1 rings (SSSR count). The smallest absolute Gasteiger partial charge is 0.245 e. The molecule has 0 atom stereocenters. The van der Waals surface area contributed by atoms with Crippen molar-refractivity contribution in [2.75, 3.05) is 0 Å². The molecule has 0 bridgehead atoms. The summed E-state index contributed by atoms with van der Waals surface area (Å²) >= 11 is 1.53. The lowest BCUT2D eigenvalue weighted by molar-refractivity contribution is -0.140. The van der Waals surface area contributed by atoms with Crippen molar-refractivity contribution in [3.05, 3.63) is 26.6 Å². The van der Waals surface area contributed by atoms with Gasteiger partial charge in [-0.2, -0.15) is 18.4 Å². The van der Waals surface area contributed by atoms with Crippen LogP contribution in [0, 0.1) is 15.0 Å². The molecular weight excluding hydrogens is 358 g/mol. The van der Waals surface area contributed by atoms with Crippen LogP contribution in [0.3, 0.4) is 0 Å². The molecule has 1 heterocycles. The average molecular weight is 362 g/mol. The van der Waals surface area contributed by atoms with Gasteiger partial charge in [0.1, 0.15) is 3.70 Å². The monoisotopic (exact) mass is 362 g/mol. The third-order valence-corrected chi connectivity index (χ3v) is 2.41. The van der Waals surface area contributed by atoms with E-state index in [-0.39, 0.29) is 3.70 Å². The first-order valence-electron chi connectivity index (χ1n) is 4.19. The summed E-state index contributed by atoms with van der Waals surface area (Å²) in [6, 6.07) is 2.15. The Morgan fingerprint density at radius 3 is 2.41 bits per heavy atom. The molecule has 0 N–H and O–H groups in total. The molecule has 2 nitrogen and oxygen atoms in total. The summed E-state index contributed by atoms with van der Waals surface area (Å²) in [6.07, 6.45) is -8.87. The van der Waals surface area contributed by atoms with Crippen molar-refractivity contribution in [1.29, 1.82) is 5.26 Å². The number of aromatic nitrogens is 1. The molecule has 0 saturated heterocycles. The zero-order valence-electron chi connectivity index (χ0n) is 8.02. The van der Waals surface area contributed by atoms with E-state index in [0.717, 1.165) is 0 Å². The first kappa shape index (κ1) is 14.1. The number of rotatable bonds is 2. The van der Waals surface area contributed by atoms with Crippen LogP contribution in [-0.2, 0) is 12.6 Å². The van der Waals surface area contributed by atoms with Gasteiger partial charge >= 0.3 is 6.18 Å². The number of nitriles is 1. The van der Waals surface area contributed by atoms with Gasteiger partial charge in [0.25, 0.3) is 6.43 Å². The van der Waals surface area contributed by atoms with E-state index in [1.54, 1.807) is 0 Å². The molecule has 92 valence electrons. The Hall–Kier alpha value is -0.980. The Balaban J connectivity index is 3.54. The Morgan fingerprint density at radius 2 is 2.00 bits per heavy atom. The summed E-state index contributed by atoms with van der Waals surface area (Å²) < 4.78 is 63.0. The van der Waals surface area contributed by atoms with Gasteiger partial charge in [0.05, 0.1) is 23.7 Å². The quantitative estimate of drug-likeness (QED) is 0.457. The molecule has 0 amide bonds. The molecule has 0 spiro atoms. The van der Waals surface area contributed by atoms with E-state index in [1.807, 2.05) is 0 Å². The number of halogens is 6. The highest BCUT2D eigenvalue weighted by Gasteiger charge is 2.39. The Bertz CT molecular complexity index is 464. The molecule has 0 aliphatic heterocycles. The fourth-order valence-electron chi connectivity index (χ4n) is 1.29. The third-order valence-electron chi connectivity index (χ3n) is 1.86. The third kappa shape index (κ3) is 3.24. The van der Waals surface area contributed by atoms with Crippen LogP contribution in [0.4, 0.5) is 22.0 Å². The number of alkyl halides is 5. The van der Waals surface area contributed by atoms with Gasteiger partial charge < -0.3 is 0 Å². The van der Waals surface area contributed by atoms with Gasteiger partial charge in [-0.3, -0.25) is 0 Å². The minimum absolute atomic E-state index is 0.00356. The molecule has 0 unspecified atom stereocenters. The van der Waals surface area contributed by atoms with Gasteiger partial charge in [-0.25, -0.2) is 13.8 Å². The zero-order chi connectivity index (χ0) is 13.2. The van der Waals surface area contributed by atoms with Crippen molar-refractivity contribution in [2.45, 2.75) is 19.0 Å². The highest BCUT2D eigenvalue weighted by atomic mass is 127. The van der Waals surface area contributed by atoms with Crippen LogP contribution in [0.15, 0.2) is 6.07 Å². The standard InChI is InChI=1S/C9H4F5IN2/c10-8(11)4-3-6(15)17-5(1-2-16)7(4)9(12,13)14/h3,8H,1H2. The SMILES string of the molecule is N#CCc1nc(I)cc(C(F)F)c1C(F)(F)F. The van der Waals surface area contributed by atoms with Gasteiger partial charge in [0.15, 0.2) is 0 Å². The lowest BCUT2D eigenvalue weighted by Gasteiger charge is -2.15. The van der Waals surface area contributed by atoms with E-state index in [4.69, 9.17) is 5.26 Å². The maximum atomic E-state index is 12.6. The van der Waals surface area contributed by atoms with E-state index < -0.39 is 35.8 Å². The average Bonchev–Trinajstić information content (AvgIpc) is 2.14. The Kier molecular flexibility index (Phi) is 4.24. The van der Waals surface area contributed by atoms with Crippen molar-refractivity contribution in [3.8, 4) is 6.07 Å². The van der Waals surface area contributed by atoms with Gasteiger partial charge in [-0.15, -0.1) is 0 Å². The highest BCUT2D eigenvalue weighted by Crippen LogP contribution is 2.38. The minimum Gasteiger partial charge on any atom is -0.245 e. The van der Waals surface area contributed by atoms with Gasteiger partial charge in [0, 0.05) is 5.56 Å². The fraction of sp³-hybridized carbons (Fsp3) is 0.333. The molecule has 1 aromatic rings. The summed E-state index contributed by atoms with van der Waals surface area (Å²) in [5, 5.41) is 8.38. The van der Waals surface area contributed by atoms with E-state index in [9.17, 15) is 22.0 Å². The maximum absolute atomic E-state index is 12.6. The molecular formula is C9H4F5IN2. The number of hydrogen-bond donors (Lipinski definition) is 0. The van der Waals surface area contributed by atoms with Crippen LogP contribution in [-0.4, -0.2) is 4.98 Å². The van der Waals surface area contributed by atoms with Gasteiger partial charge in [0.2, 0.25) is 0 Å². The molecule has 0 saturated carbocycles. The van der Waals surface area contributed by atoms with E-state index in [1.165, 1.54) is 28.7 Å². The van der Waals surface area contributed by atoms with Crippen LogP contribution in [0.2, 0.25) is 0 Å².